The average Bonchev–Trinajstić information content (AvgIpc) is 3.10. The van der Waals surface area contributed by atoms with Crippen molar-refractivity contribution in [3.8, 4) is 0 Å². The lowest BCUT2D eigenvalue weighted by atomic mass is 9.45. The number of ketones is 2. The van der Waals surface area contributed by atoms with Gasteiger partial charge in [0, 0.05) is 23.1 Å². The summed E-state index contributed by atoms with van der Waals surface area (Å²) in [6, 6.07) is 9.44. The van der Waals surface area contributed by atoms with E-state index in [-0.39, 0.29) is 17.1 Å². The number of rotatable bonds is 3. The van der Waals surface area contributed by atoms with E-state index < -0.39 is 16.2 Å². The zero-order chi connectivity index (χ0) is 20.9. The van der Waals surface area contributed by atoms with Crippen LogP contribution in [0.1, 0.15) is 51.9 Å². The Kier molecular flexibility index (Phi) is 4.96. The lowest BCUT2D eigenvalue weighted by Gasteiger charge is -2.59. The summed E-state index contributed by atoms with van der Waals surface area (Å²) in [5.74, 6) is 2.37. The van der Waals surface area contributed by atoms with Gasteiger partial charge in [0.15, 0.2) is 5.78 Å². The Bertz CT molecular complexity index is 948. The molecule has 2 unspecified atom stereocenters. The van der Waals surface area contributed by atoms with Gasteiger partial charge in [-0.2, -0.15) is 0 Å². The van der Waals surface area contributed by atoms with Gasteiger partial charge in [-0.25, -0.2) is 4.21 Å². The maximum atomic E-state index is 13.1. The predicted octanol–water partition coefficient (Wildman–Crippen LogP) is 5.24. The minimum Gasteiger partial charge on any atom is -0.300 e. The van der Waals surface area contributed by atoms with Crippen molar-refractivity contribution in [2.24, 2.45) is 34.5 Å². The van der Waals surface area contributed by atoms with Gasteiger partial charge in [0.25, 0.3) is 0 Å². The van der Waals surface area contributed by atoms with Crippen LogP contribution < -0.4 is 0 Å². The molecule has 0 spiro atoms. The Balaban J connectivity index is 1.43. The number of fused-ring (bicyclic) bond motifs is 5. The fourth-order valence-corrected chi connectivity index (χ4v) is 8.13. The first-order valence-electron chi connectivity index (χ1n) is 11.3. The minimum atomic E-state index is -1.24. The number of benzene rings is 1. The summed E-state index contributed by atoms with van der Waals surface area (Å²) >= 11 is 0. The van der Waals surface area contributed by atoms with Crippen molar-refractivity contribution in [3.05, 3.63) is 54.0 Å². The van der Waals surface area contributed by atoms with E-state index in [1.807, 2.05) is 36.4 Å². The van der Waals surface area contributed by atoms with Crippen molar-refractivity contribution in [2.75, 3.05) is 0 Å². The Morgan fingerprint density at radius 2 is 1.87 bits per heavy atom. The molecule has 1 aromatic rings. The number of Topliss-reactive ketones (excluding diaryl/α,β-unsaturated/α-hetero) is 1. The van der Waals surface area contributed by atoms with Crippen molar-refractivity contribution < 1.29 is 13.8 Å². The standard InChI is InChI=1S/C26H30O3S/c1-25-13-11-19(27)17-18(25)7-8-21-22(25)12-14-26(23(21)9-10-24(26)28)15-16-30(29)20-5-3-2-4-6-20/h2-6,9-10,15-16,18,21-23H,7-8,11-14,17H2,1H3/t18?,21-,22+,23+,25+,26-,30?/m1/s1. The van der Waals surface area contributed by atoms with E-state index in [4.69, 9.17) is 0 Å². The third-order valence-corrected chi connectivity index (χ3v) is 9.98. The second-order valence-corrected chi connectivity index (χ2v) is 11.4. The summed E-state index contributed by atoms with van der Waals surface area (Å²) in [5.41, 5.74) is -0.307. The molecule has 5 rings (SSSR count). The lowest BCUT2D eigenvalue weighted by molar-refractivity contribution is -0.139. The van der Waals surface area contributed by atoms with Gasteiger partial charge in [0.05, 0.1) is 16.2 Å². The third-order valence-electron chi connectivity index (χ3n) is 8.86. The second kappa shape index (κ2) is 7.40. The summed E-state index contributed by atoms with van der Waals surface area (Å²) in [7, 11) is -1.24. The van der Waals surface area contributed by atoms with E-state index >= 15 is 0 Å². The van der Waals surface area contributed by atoms with Crippen LogP contribution in [0, 0.1) is 34.5 Å². The molecule has 3 saturated carbocycles. The van der Waals surface area contributed by atoms with Crippen LogP contribution in [0.4, 0.5) is 0 Å². The number of hydrogen-bond donors (Lipinski definition) is 0. The predicted molar refractivity (Wildman–Crippen MR) is 118 cm³/mol. The molecule has 4 heteroatoms. The molecular formula is C26H30O3S. The highest BCUT2D eigenvalue weighted by Crippen LogP contribution is 2.64. The molecule has 0 aromatic heterocycles. The fourth-order valence-electron chi connectivity index (χ4n) is 7.18. The van der Waals surface area contributed by atoms with Gasteiger partial charge >= 0.3 is 0 Å². The summed E-state index contributed by atoms with van der Waals surface area (Å²) in [6.07, 6.45) is 12.4. The normalized spacial score (nSPS) is 41.4. The SMILES string of the molecule is C[C@]12CCC(=O)CC1CC[C@@H]1[C@@H]2CC[C@]2(C=CS(=O)c3ccccc3)C(=O)C=C[C@@H]12. The molecule has 3 nitrogen and oxygen atoms in total. The van der Waals surface area contributed by atoms with Crippen LogP contribution >= 0.6 is 0 Å². The van der Waals surface area contributed by atoms with Crippen LogP contribution in [0.3, 0.4) is 0 Å². The minimum absolute atomic E-state index is 0.179. The number of hydrogen-bond acceptors (Lipinski definition) is 3. The van der Waals surface area contributed by atoms with Crippen LogP contribution in [0.2, 0.25) is 0 Å². The average molecular weight is 423 g/mol. The summed E-state index contributed by atoms with van der Waals surface area (Å²) in [4.78, 5) is 25.9. The highest BCUT2D eigenvalue weighted by molar-refractivity contribution is 7.88. The lowest BCUT2D eigenvalue weighted by Crippen LogP contribution is -2.54. The Morgan fingerprint density at radius 1 is 1.07 bits per heavy atom. The van der Waals surface area contributed by atoms with Gasteiger partial charge < -0.3 is 0 Å². The van der Waals surface area contributed by atoms with Crippen LogP contribution in [0.15, 0.2) is 58.9 Å². The molecule has 30 heavy (non-hydrogen) atoms. The molecule has 158 valence electrons. The monoisotopic (exact) mass is 422 g/mol. The molecule has 4 aliphatic carbocycles. The molecule has 0 heterocycles. The van der Waals surface area contributed by atoms with E-state index in [9.17, 15) is 13.8 Å². The van der Waals surface area contributed by atoms with Crippen molar-refractivity contribution in [1.29, 1.82) is 0 Å². The maximum Gasteiger partial charge on any atom is 0.165 e. The molecule has 3 fully saturated rings. The van der Waals surface area contributed by atoms with Crippen LogP contribution in [-0.4, -0.2) is 15.8 Å². The maximum absolute atomic E-state index is 13.1. The van der Waals surface area contributed by atoms with Crippen molar-refractivity contribution in [2.45, 2.75) is 56.8 Å². The van der Waals surface area contributed by atoms with Gasteiger partial charge in [-0.15, -0.1) is 0 Å². The van der Waals surface area contributed by atoms with Crippen LogP contribution in [0.25, 0.3) is 0 Å². The van der Waals surface area contributed by atoms with Crippen LogP contribution in [0.5, 0.6) is 0 Å². The van der Waals surface area contributed by atoms with E-state index in [0.717, 1.165) is 49.8 Å². The third kappa shape index (κ3) is 3.02. The van der Waals surface area contributed by atoms with Gasteiger partial charge in [0.1, 0.15) is 5.78 Å². The first-order chi connectivity index (χ1) is 14.4. The zero-order valence-corrected chi connectivity index (χ0v) is 18.4. The smallest absolute Gasteiger partial charge is 0.165 e. The summed E-state index contributed by atoms with van der Waals surface area (Å²) in [5, 5.41) is 1.75. The molecule has 0 bridgehead atoms. The molecule has 0 aliphatic heterocycles. The molecule has 0 amide bonds. The topological polar surface area (TPSA) is 51.2 Å². The molecule has 0 radical (unpaired) electrons. The van der Waals surface area contributed by atoms with E-state index in [0.29, 0.717) is 23.5 Å². The van der Waals surface area contributed by atoms with Gasteiger partial charge in [-0.3, -0.25) is 9.59 Å². The first-order valence-corrected chi connectivity index (χ1v) is 12.5. The highest BCUT2D eigenvalue weighted by Gasteiger charge is 2.59. The molecule has 0 N–H and O–H groups in total. The second-order valence-electron chi connectivity index (χ2n) is 10.0. The largest absolute Gasteiger partial charge is 0.300 e. The van der Waals surface area contributed by atoms with Gasteiger partial charge in [-0.05, 0) is 79.4 Å². The van der Waals surface area contributed by atoms with Gasteiger partial charge in [-0.1, -0.05) is 37.3 Å². The molecule has 0 saturated heterocycles. The Morgan fingerprint density at radius 3 is 2.67 bits per heavy atom. The first kappa shape index (κ1) is 20.1. The molecular weight excluding hydrogens is 392 g/mol. The Hall–Kier alpha value is -1.81. The Labute approximate surface area is 181 Å². The molecule has 7 atom stereocenters. The number of carbonyl (C=O) groups excluding carboxylic acids is 2. The number of allylic oxidation sites excluding steroid dienone is 3. The zero-order valence-electron chi connectivity index (χ0n) is 17.6. The number of carbonyl (C=O) groups is 2. The molecule has 4 aliphatic rings. The van der Waals surface area contributed by atoms with E-state index in [2.05, 4.69) is 13.0 Å². The summed E-state index contributed by atoms with van der Waals surface area (Å²) < 4.78 is 12.8. The quantitative estimate of drug-likeness (QED) is 0.669. The van der Waals surface area contributed by atoms with Crippen molar-refractivity contribution >= 4 is 22.4 Å². The molecule has 1 aromatic carbocycles. The fraction of sp³-hybridized carbons (Fsp3) is 0.538. The highest BCUT2D eigenvalue weighted by atomic mass is 32.2. The van der Waals surface area contributed by atoms with Crippen molar-refractivity contribution in [1.82, 2.24) is 0 Å². The summed E-state index contributed by atoms with van der Waals surface area (Å²) in [6.45, 7) is 2.41. The van der Waals surface area contributed by atoms with Crippen LogP contribution in [-0.2, 0) is 20.4 Å². The van der Waals surface area contributed by atoms with E-state index in [1.165, 1.54) is 0 Å². The van der Waals surface area contributed by atoms with E-state index in [1.54, 1.807) is 11.5 Å². The van der Waals surface area contributed by atoms with Crippen molar-refractivity contribution in [3.63, 3.8) is 0 Å². The van der Waals surface area contributed by atoms with Gasteiger partial charge in [0.2, 0.25) is 0 Å².